The summed E-state index contributed by atoms with van der Waals surface area (Å²) in [6, 6.07) is 4.00. The Bertz CT molecular complexity index is 622. The maximum atomic E-state index is 11.6. The van der Waals surface area contributed by atoms with Crippen molar-refractivity contribution in [2.24, 2.45) is 0 Å². The molecular formula is C14H21N5OS. The van der Waals surface area contributed by atoms with Gasteiger partial charge in [-0.15, -0.1) is 5.10 Å². The Balaban J connectivity index is 2.01. The Hall–Kier alpha value is -1.76. The van der Waals surface area contributed by atoms with Gasteiger partial charge in [-0.3, -0.25) is 9.55 Å². The maximum absolute atomic E-state index is 11.6. The van der Waals surface area contributed by atoms with Gasteiger partial charge in [0.2, 0.25) is 0 Å². The summed E-state index contributed by atoms with van der Waals surface area (Å²) >= 11 is 1.52. The molecule has 2 rings (SSSR count). The lowest BCUT2D eigenvalue weighted by Gasteiger charge is -2.07. The van der Waals surface area contributed by atoms with E-state index < -0.39 is 0 Å². The first-order valence-corrected chi connectivity index (χ1v) is 8.20. The third kappa shape index (κ3) is 4.35. The van der Waals surface area contributed by atoms with Crippen molar-refractivity contribution in [1.29, 1.82) is 0 Å². The van der Waals surface area contributed by atoms with Crippen LogP contribution in [-0.2, 0) is 12.3 Å². The van der Waals surface area contributed by atoms with Crippen LogP contribution >= 0.6 is 11.8 Å². The zero-order chi connectivity index (χ0) is 15.1. The molecule has 0 amide bonds. The van der Waals surface area contributed by atoms with E-state index in [1.807, 2.05) is 19.1 Å². The molecule has 2 heterocycles. The quantitative estimate of drug-likeness (QED) is 0.733. The predicted octanol–water partition coefficient (Wildman–Crippen LogP) is 2.49. The average Bonchev–Trinajstić information content (AvgIpc) is 2.85. The standard InChI is InChI=1S/C14H21N5OS/c1-3-6-15-11-5-7-16-12(9-11)10-21-14-18-17-13(20)19(14)8-4-2/h5,7,9H,3-4,6,8,10H2,1-2H3,(H,15,16)(H,17,20). The molecule has 6 nitrogen and oxygen atoms in total. The number of hydrogen-bond donors (Lipinski definition) is 2. The van der Waals surface area contributed by atoms with Crippen LogP contribution in [0.25, 0.3) is 0 Å². The average molecular weight is 307 g/mol. The number of aromatic amines is 1. The molecule has 114 valence electrons. The fourth-order valence-electron chi connectivity index (χ4n) is 1.91. The summed E-state index contributed by atoms with van der Waals surface area (Å²) in [4.78, 5) is 16.0. The minimum absolute atomic E-state index is 0.148. The summed E-state index contributed by atoms with van der Waals surface area (Å²) < 4.78 is 1.67. The van der Waals surface area contributed by atoms with E-state index >= 15 is 0 Å². The Kier molecular flexibility index (Phi) is 5.86. The molecule has 0 saturated carbocycles. The third-order valence-corrected chi connectivity index (χ3v) is 3.93. The van der Waals surface area contributed by atoms with E-state index in [9.17, 15) is 4.79 Å². The summed E-state index contributed by atoms with van der Waals surface area (Å²) in [6.07, 6.45) is 3.79. The minimum Gasteiger partial charge on any atom is -0.385 e. The summed E-state index contributed by atoms with van der Waals surface area (Å²) in [7, 11) is 0. The van der Waals surface area contributed by atoms with E-state index in [0.717, 1.165) is 35.9 Å². The summed E-state index contributed by atoms with van der Waals surface area (Å²) in [6.45, 7) is 5.81. The van der Waals surface area contributed by atoms with Crippen molar-refractivity contribution in [2.45, 2.75) is 44.1 Å². The Morgan fingerprint density at radius 1 is 1.38 bits per heavy atom. The number of H-pyrrole nitrogens is 1. The van der Waals surface area contributed by atoms with Crippen LogP contribution in [0.5, 0.6) is 0 Å². The molecule has 0 atom stereocenters. The fourth-order valence-corrected chi connectivity index (χ4v) is 2.78. The lowest BCUT2D eigenvalue weighted by molar-refractivity contribution is 0.603. The largest absolute Gasteiger partial charge is 0.385 e. The van der Waals surface area contributed by atoms with Crippen LogP contribution in [0.3, 0.4) is 0 Å². The van der Waals surface area contributed by atoms with Crippen molar-refractivity contribution < 1.29 is 0 Å². The van der Waals surface area contributed by atoms with Crippen LogP contribution < -0.4 is 11.0 Å². The molecule has 2 aromatic heterocycles. The second-order valence-corrected chi connectivity index (χ2v) is 5.66. The van der Waals surface area contributed by atoms with Crippen molar-refractivity contribution in [3.63, 3.8) is 0 Å². The van der Waals surface area contributed by atoms with E-state index in [4.69, 9.17) is 0 Å². The summed E-state index contributed by atoms with van der Waals surface area (Å²) in [5.41, 5.74) is 1.90. The first-order chi connectivity index (χ1) is 10.2. The number of thioether (sulfide) groups is 1. The van der Waals surface area contributed by atoms with Crippen LogP contribution in [0.1, 0.15) is 32.4 Å². The van der Waals surface area contributed by atoms with Gasteiger partial charge < -0.3 is 5.32 Å². The highest BCUT2D eigenvalue weighted by Gasteiger charge is 2.08. The molecule has 0 bridgehead atoms. The van der Waals surface area contributed by atoms with Gasteiger partial charge in [-0.2, -0.15) is 0 Å². The SMILES string of the molecule is CCCNc1ccnc(CSc2n[nH]c(=O)n2CCC)c1. The summed E-state index contributed by atoms with van der Waals surface area (Å²) in [5, 5.41) is 10.6. The normalized spacial score (nSPS) is 10.8. The molecule has 2 N–H and O–H groups in total. The summed E-state index contributed by atoms with van der Waals surface area (Å²) in [5.74, 6) is 0.690. The zero-order valence-electron chi connectivity index (χ0n) is 12.4. The smallest absolute Gasteiger partial charge is 0.343 e. The van der Waals surface area contributed by atoms with Gasteiger partial charge in [-0.25, -0.2) is 9.89 Å². The van der Waals surface area contributed by atoms with Crippen molar-refractivity contribution in [1.82, 2.24) is 19.7 Å². The number of aromatic nitrogens is 4. The highest BCUT2D eigenvalue weighted by Crippen LogP contribution is 2.20. The van der Waals surface area contributed by atoms with Crippen LogP contribution in [0.2, 0.25) is 0 Å². The van der Waals surface area contributed by atoms with Crippen molar-refractivity contribution in [2.75, 3.05) is 11.9 Å². The van der Waals surface area contributed by atoms with Crippen LogP contribution in [0.15, 0.2) is 28.3 Å². The number of anilines is 1. The van der Waals surface area contributed by atoms with Gasteiger partial charge in [-0.05, 0) is 25.0 Å². The molecule has 0 spiro atoms. The molecule has 21 heavy (non-hydrogen) atoms. The highest BCUT2D eigenvalue weighted by atomic mass is 32.2. The Morgan fingerprint density at radius 3 is 3.00 bits per heavy atom. The van der Waals surface area contributed by atoms with E-state index in [2.05, 4.69) is 27.4 Å². The topological polar surface area (TPSA) is 75.6 Å². The fraction of sp³-hybridized carbons (Fsp3) is 0.500. The van der Waals surface area contributed by atoms with Gasteiger partial charge in [0.15, 0.2) is 5.16 Å². The van der Waals surface area contributed by atoms with E-state index in [0.29, 0.717) is 12.3 Å². The molecule has 7 heteroatoms. The molecule has 0 aliphatic carbocycles. The number of pyridine rings is 1. The number of nitrogens with zero attached hydrogens (tertiary/aromatic N) is 3. The third-order valence-electron chi connectivity index (χ3n) is 2.92. The van der Waals surface area contributed by atoms with Gasteiger partial charge in [0.05, 0.1) is 5.69 Å². The highest BCUT2D eigenvalue weighted by molar-refractivity contribution is 7.98. The van der Waals surface area contributed by atoms with E-state index in [1.165, 1.54) is 11.8 Å². The zero-order valence-corrected chi connectivity index (χ0v) is 13.2. The molecule has 0 aliphatic rings. The molecule has 2 aromatic rings. The molecule has 0 fully saturated rings. The van der Waals surface area contributed by atoms with Gasteiger partial charge in [0.25, 0.3) is 0 Å². The van der Waals surface area contributed by atoms with Gasteiger partial charge in [0.1, 0.15) is 0 Å². The van der Waals surface area contributed by atoms with E-state index in [1.54, 1.807) is 10.8 Å². The molecule has 0 aliphatic heterocycles. The van der Waals surface area contributed by atoms with Gasteiger partial charge >= 0.3 is 5.69 Å². The Labute approximate surface area is 128 Å². The molecule has 0 saturated heterocycles. The predicted molar refractivity (Wildman–Crippen MR) is 85.7 cm³/mol. The van der Waals surface area contributed by atoms with Crippen LogP contribution in [0, 0.1) is 0 Å². The van der Waals surface area contributed by atoms with E-state index in [-0.39, 0.29) is 5.69 Å². The number of rotatable bonds is 8. The van der Waals surface area contributed by atoms with Crippen molar-refractivity contribution in [3.05, 3.63) is 34.5 Å². The minimum atomic E-state index is -0.148. The second-order valence-electron chi connectivity index (χ2n) is 4.71. The van der Waals surface area contributed by atoms with Crippen LogP contribution in [0.4, 0.5) is 5.69 Å². The number of hydrogen-bond acceptors (Lipinski definition) is 5. The monoisotopic (exact) mass is 307 g/mol. The van der Waals surface area contributed by atoms with Gasteiger partial charge in [-0.1, -0.05) is 25.6 Å². The molecular weight excluding hydrogens is 286 g/mol. The molecule has 0 radical (unpaired) electrons. The van der Waals surface area contributed by atoms with Gasteiger partial charge in [0, 0.05) is 30.7 Å². The lowest BCUT2D eigenvalue weighted by Crippen LogP contribution is -2.17. The molecule has 0 aromatic carbocycles. The van der Waals surface area contributed by atoms with Crippen molar-refractivity contribution >= 4 is 17.4 Å². The van der Waals surface area contributed by atoms with Crippen LogP contribution in [-0.4, -0.2) is 26.3 Å². The lowest BCUT2D eigenvalue weighted by atomic mass is 10.3. The molecule has 0 unspecified atom stereocenters. The number of nitrogens with one attached hydrogen (secondary N) is 2. The van der Waals surface area contributed by atoms with Crippen molar-refractivity contribution in [3.8, 4) is 0 Å². The second kappa shape index (κ2) is 7.87. The first-order valence-electron chi connectivity index (χ1n) is 7.21. The Morgan fingerprint density at radius 2 is 2.24 bits per heavy atom. The maximum Gasteiger partial charge on any atom is 0.343 e. The first kappa shape index (κ1) is 15.6.